The zero-order chi connectivity index (χ0) is 14.7. The Balaban J connectivity index is 1.64. The molecule has 3 rings (SSSR count). The van der Waals surface area contributed by atoms with Gasteiger partial charge in [-0.25, -0.2) is 4.39 Å². The fourth-order valence-corrected chi connectivity index (χ4v) is 2.89. The zero-order valence-electron chi connectivity index (χ0n) is 11.7. The summed E-state index contributed by atoms with van der Waals surface area (Å²) in [6, 6.07) is 14.7. The lowest BCUT2D eigenvalue weighted by atomic mass is 10.2. The lowest BCUT2D eigenvalue weighted by molar-refractivity contribution is 0.470. The van der Waals surface area contributed by atoms with Crippen molar-refractivity contribution >= 4 is 11.3 Å². The molecule has 21 heavy (non-hydrogen) atoms. The Labute approximate surface area is 127 Å². The summed E-state index contributed by atoms with van der Waals surface area (Å²) in [4.78, 5) is 1.31. The summed E-state index contributed by atoms with van der Waals surface area (Å²) < 4.78 is 18.7. The van der Waals surface area contributed by atoms with Crippen molar-refractivity contribution in [2.75, 3.05) is 0 Å². The molecule has 108 valence electrons. The minimum atomic E-state index is -0.239. The summed E-state index contributed by atoms with van der Waals surface area (Å²) in [5, 5.41) is 5.51. The summed E-state index contributed by atoms with van der Waals surface area (Å²) in [7, 11) is 0. The van der Waals surface area contributed by atoms with Crippen molar-refractivity contribution in [2.45, 2.75) is 19.5 Å². The number of rotatable bonds is 5. The van der Waals surface area contributed by atoms with Crippen molar-refractivity contribution in [3.63, 3.8) is 0 Å². The third-order valence-electron chi connectivity index (χ3n) is 3.34. The molecule has 0 spiro atoms. The molecular formula is C17H16FNOS. The second-order valence-electron chi connectivity index (χ2n) is 4.89. The van der Waals surface area contributed by atoms with Crippen LogP contribution in [0.25, 0.3) is 11.3 Å². The summed E-state index contributed by atoms with van der Waals surface area (Å²) in [6.07, 6.45) is 0. The number of hydrogen-bond donors (Lipinski definition) is 1. The highest BCUT2D eigenvalue weighted by Gasteiger charge is 2.08. The predicted molar refractivity (Wildman–Crippen MR) is 83.7 cm³/mol. The number of nitrogens with one attached hydrogen (secondary N) is 1. The molecule has 2 aromatic heterocycles. The summed E-state index contributed by atoms with van der Waals surface area (Å²) >= 11 is 1.74. The van der Waals surface area contributed by atoms with E-state index in [0.717, 1.165) is 17.1 Å². The molecule has 2 heterocycles. The monoisotopic (exact) mass is 301 g/mol. The van der Waals surface area contributed by atoms with Gasteiger partial charge >= 0.3 is 0 Å². The van der Waals surface area contributed by atoms with E-state index < -0.39 is 0 Å². The van der Waals surface area contributed by atoms with E-state index in [-0.39, 0.29) is 5.82 Å². The van der Waals surface area contributed by atoms with Crippen LogP contribution in [-0.2, 0) is 6.54 Å². The van der Waals surface area contributed by atoms with Crippen LogP contribution in [-0.4, -0.2) is 0 Å². The molecule has 3 aromatic rings. The molecule has 1 N–H and O–H groups in total. The molecular weight excluding hydrogens is 285 g/mol. The number of thiophene rings is 1. The predicted octanol–water partition coefficient (Wildman–Crippen LogP) is 5.00. The van der Waals surface area contributed by atoms with Crippen LogP contribution < -0.4 is 5.32 Å². The van der Waals surface area contributed by atoms with Crippen LogP contribution >= 0.6 is 11.3 Å². The quantitative estimate of drug-likeness (QED) is 0.717. The Bertz CT molecular complexity index is 688. The van der Waals surface area contributed by atoms with Gasteiger partial charge in [-0.2, -0.15) is 0 Å². The minimum Gasteiger partial charge on any atom is -0.460 e. The molecule has 0 bridgehead atoms. The van der Waals surface area contributed by atoms with Crippen molar-refractivity contribution in [2.24, 2.45) is 0 Å². The molecule has 0 amide bonds. The zero-order valence-corrected chi connectivity index (χ0v) is 12.5. The number of hydrogen-bond acceptors (Lipinski definition) is 3. The molecule has 0 saturated heterocycles. The van der Waals surface area contributed by atoms with E-state index in [1.807, 2.05) is 12.1 Å². The third-order valence-corrected chi connectivity index (χ3v) is 4.40. The first-order chi connectivity index (χ1) is 10.2. The second-order valence-corrected chi connectivity index (χ2v) is 5.87. The molecule has 0 fully saturated rings. The largest absolute Gasteiger partial charge is 0.460 e. The molecule has 2 nitrogen and oxygen atoms in total. The van der Waals surface area contributed by atoms with Crippen LogP contribution in [0.4, 0.5) is 4.39 Å². The molecule has 0 aliphatic carbocycles. The van der Waals surface area contributed by atoms with Gasteiger partial charge in [0.15, 0.2) is 0 Å². The summed E-state index contributed by atoms with van der Waals surface area (Å²) in [5.74, 6) is 1.39. The summed E-state index contributed by atoms with van der Waals surface area (Å²) in [5.41, 5.74) is 0.883. The van der Waals surface area contributed by atoms with E-state index in [1.165, 1.54) is 17.0 Å². The van der Waals surface area contributed by atoms with Crippen molar-refractivity contribution in [1.82, 2.24) is 5.32 Å². The van der Waals surface area contributed by atoms with E-state index in [1.54, 1.807) is 23.5 Å². The minimum absolute atomic E-state index is 0.239. The van der Waals surface area contributed by atoms with Gasteiger partial charge in [-0.3, -0.25) is 0 Å². The maximum absolute atomic E-state index is 12.9. The molecule has 0 aliphatic rings. The Morgan fingerprint density at radius 3 is 2.67 bits per heavy atom. The average Bonchev–Trinajstić information content (AvgIpc) is 3.17. The van der Waals surface area contributed by atoms with Crippen molar-refractivity contribution in [1.29, 1.82) is 0 Å². The van der Waals surface area contributed by atoms with Gasteiger partial charge in [0.05, 0.1) is 6.54 Å². The van der Waals surface area contributed by atoms with Crippen molar-refractivity contribution in [3.8, 4) is 11.3 Å². The van der Waals surface area contributed by atoms with E-state index in [4.69, 9.17) is 4.42 Å². The summed E-state index contributed by atoms with van der Waals surface area (Å²) in [6.45, 7) is 2.80. The lowest BCUT2D eigenvalue weighted by Crippen LogP contribution is -2.16. The Morgan fingerprint density at radius 2 is 1.95 bits per heavy atom. The van der Waals surface area contributed by atoms with Crippen LogP contribution in [0, 0.1) is 5.82 Å². The van der Waals surface area contributed by atoms with Crippen molar-refractivity contribution in [3.05, 3.63) is 70.4 Å². The third kappa shape index (κ3) is 3.40. The topological polar surface area (TPSA) is 25.2 Å². The maximum Gasteiger partial charge on any atom is 0.134 e. The van der Waals surface area contributed by atoms with Gasteiger partial charge in [0, 0.05) is 16.5 Å². The van der Waals surface area contributed by atoms with Crippen LogP contribution in [0.5, 0.6) is 0 Å². The fourth-order valence-electron chi connectivity index (χ4n) is 2.13. The van der Waals surface area contributed by atoms with Gasteiger partial charge in [-0.15, -0.1) is 11.3 Å². The van der Waals surface area contributed by atoms with Gasteiger partial charge in [-0.05, 0) is 54.8 Å². The van der Waals surface area contributed by atoms with E-state index in [2.05, 4.69) is 29.8 Å². The fraction of sp³-hybridized carbons (Fsp3) is 0.176. The van der Waals surface area contributed by atoms with Crippen LogP contribution in [0.15, 0.2) is 58.3 Å². The van der Waals surface area contributed by atoms with Crippen LogP contribution in [0.3, 0.4) is 0 Å². The van der Waals surface area contributed by atoms with Crippen LogP contribution in [0.2, 0.25) is 0 Å². The van der Waals surface area contributed by atoms with Gasteiger partial charge in [0.25, 0.3) is 0 Å². The number of benzene rings is 1. The first-order valence-electron chi connectivity index (χ1n) is 6.84. The Hall–Kier alpha value is -1.91. The van der Waals surface area contributed by atoms with E-state index in [9.17, 15) is 4.39 Å². The standard InChI is InChI=1S/C17H16FNOS/c1-12(17-3-2-10-21-17)19-11-15-8-9-16(20-15)13-4-6-14(18)7-5-13/h2-10,12,19H,11H2,1H3. The van der Waals surface area contributed by atoms with Crippen LogP contribution in [0.1, 0.15) is 23.6 Å². The second kappa shape index (κ2) is 6.24. The van der Waals surface area contributed by atoms with E-state index in [0.29, 0.717) is 12.6 Å². The molecule has 1 aromatic carbocycles. The Kier molecular flexibility index (Phi) is 4.18. The van der Waals surface area contributed by atoms with Gasteiger partial charge in [0.1, 0.15) is 17.3 Å². The van der Waals surface area contributed by atoms with E-state index >= 15 is 0 Å². The number of furan rings is 1. The van der Waals surface area contributed by atoms with Crippen molar-refractivity contribution < 1.29 is 8.81 Å². The smallest absolute Gasteiger partial charge is 0.134 e. The molecule has 4 heteroatoms. The van der Waals surface area contributed by atoms with Gasteiger partial charge in [0.2, 0.25) is 0 Å². The highest BCUT2D eigenvalue weighted by atomic mass is 32.1. The average molecular weight is 301 g/mol. The lowest BCUT2D eigenvalue weighted by Gasteiger charge is -2.10. The molecule has 1 unspecified atom stereocenters. The SMILES string of the molecule is CC(NCc1ccc(-c2ccc(F)cc2)o1)c1cccs1. The molecule has 0 aliphatic heterocycles. The molecule has 0 radical (unpaired) electrons. The maximum atomic E-state index is 12.9. The first kappa shape index (κ1) is 14.0. The molecule has 1 atom stereocenters. The highest BCUT2D eigenvalue weighted by molar-refractivity contribution is 7.10. The molecule has 0 saturated carbocycles. The Morgan fingerprint density at radius 1 is 1.14 bits per heavy atom. The first-order valence-corrected chi connectivity index (χ1v) is 7.72. The van der Waals surface area contributed by atoms with Gasteiger partial charge < -0.3 is 9.73 Å². The highest BCUT2D eigenvalue weighted by Crippen LogP contribution is 2.23. The normalized spacial score (nSPS) is 12.5. The van der Waals surface area contributed by atoms with Gasteiger partial charge in [-0.1, -0.05) is 6.07 Å². The number of halogens is 1.